The van der Waals surface area contributed by atoms with Crippen LogP contribution in [0.3, 0.4) is 0 Å². The van der Waals surface area contributed by atoms with Gasteiger partial charge in [0.2, 0.25) is 0 Å². The first-order chi connectivity index (χ1) is 5.90. The van der Waals surface area contributed by atoms with Gasteiger partial charge < -0.3 is 10.1 Å². The van der Waals surface area contributed by atoms with E-state index in [9.17, 15) is 0 Å². The Balaban J connectivity index is 2.26. The maximum absolute atomic E-state index is 5.07. The molecule has 12 heavy (non-hydrogen) atoms. The lowest BCUT2D eigenvalue weighted by molar-refractivity contribution is 0.185. The summed E-state index contributed by atoms with van der Waals surface area (Å²) in [6, 6.07) is 6.54. The second kappa shape index (κ2) is 3.25. The molecule has 0 atom stereocenters. The molecule has 0 aromatic heterocycles. The molecule has 0 spiro atoms. The van der Waals surface area contributed by atoms with Crippen molar-refractivity contribution in [3.05, 3.63) is 34.9 Å². The highest BCUT2D eigenvalue weighted by atomic mass is 16.5. The molecule has 0 aliphatic carbocycles. The second-order valence-corrected chi connectivity index (χ2v) is 3.14. The van der Waals surface area contributed by atoms with Crippen molar-refractivity contribution in [1.29, 1.82) is 0 Å². The summed E-state index contributed by atoms with van der Waals surface area (Å²) in [7, 11) is 1.73. The zero-order valence-electron chi connectivity index (χ0n) is 7.26. The number of benzene rings is 1. The third-order valence-electron chi connectivity index (χ3n) is 2.21. The van der Waals surface area contributed by atoms with E-state index in [4.69, 9.17) is 4.74 Å². The van der Waals surface area contributed by atoms with Crippen molar-refractivity contribution in [2.75, 3.05) is 7.11 Å². The lowest BCUT2D eigenvalue weighted by atomic mass is 10.1. The topological polar surface area (TPSA) is 21.3 Å². The summed E-state index contributed by atoms with van der Waals surface area (Å²) in [6.07, 6.45) is 0. The van der Waals surface area contributed by atoms with Gasteiger partial charge in [0.05, 0.1) is 6.61 Å². The summed E-state index contributed by atoms with van der Waals surface area (Å²) < 4.78 is 5.07. The molecule has 2 nitrogen and oxygen atoms in total. The normalized spacial score (nSPS) is 14.8. The molecule has 2 heteroatoms. The maximum Gasteiger partial charge on any atom is 0.0713 e. The van der Waals surface area contributed by atoms with E-state index in [0.29, 0.717) is 6.61 Å². The molecule has 1 aromatic carbocycles. The molecule has 1 N–H and O–H groups in total. The van der Waals surface area contributed by atoms with E-state index in [1.54, 1.807) is 7.11 Å². The summed E-state index contributed by atoms with van der Waals surface area (Å²) in [4.78, 5) is 0. The van der Waals surface area contributed by atoms with Crippen molar-refractivity contribution in [2.24, 2.45) is 0 Å². The van der Waals surface area contributed by atoms with Crippen molar-refractivity contribution in [1.82, 2.24) is 5.32 Å². The van der Waals surface area contributed by atoms with E-state index >= 15 is 0 Å². The van der Waals surface area contributed by atoms with Crippen molar-refractivity contribution in [3.63, 3.8) is 0 Å². The third kappa shape index (κ3) is 1.36. The van der Waals surface area contributed by atoms with Crippen molar-refractivity contribution < 1.29 is 4.74 Å². The molecule has 1 heterocycles. The Morgan fingerprint density at radius 2 is 2.17 bits per heavy atom. The van der Waals surface area contributed by atoms with Crippen LogP contribution in [-0.2, 0) is 24.4 Å². The van der Waals surface area contributed by atoms with Gasteiger partial charge in [0.15, 0.2) is 0 Å². The molecule has 64 valence electrons. The van der Waals surface area contributed by atoms with E-state index in [1.165, 1.54) is 16.7 Å². The average molecular weight is 163 g/mol. The summed E-state index contributed by atoms with van der Waals surface area (Å²) in [5, 5.41) is 3.32. The largest absolute Gasteiger partial charge is 0.380 e. The second-order valence-electron chi connectivity index (χ2n) is 3.14. The number of hydrogen-bond donors (Lipinski definition) is 1. The van der Waals surface area contributed by atoms with E-state index in [0.717, 1.165) is 13.1 Å². The van der Waals surface area contributed by atoms with Crippen molar-refractivity contribution in [2.45, 2.75) is 19.7 Å². The summed E-state index contributed by atoms with van der Waals surface area (Å²) in [6.45, 7) is 2.74. The summed E-state index contributed by atoms with van der Waals surface area (Å²) in [5.74, 6) is 0. The predicted molar refractivity (Wildman–Crippen MR) is 47.7 cm³/mol. The molecular weight excluding hydrogens is 150 g/mol. The van der Waals surface area contributed by atoms with Crippen LogP contribution in [0.4, 0.5) is 0 Å². The van der Waals surface area contributed by atoms with Gasteiger partial charge in [-0.1, -0.05) is 18.2 Å². The summed E-state index contributed by atoms with van der Waals surface area (Å²) in [5.41, 5.74) is 4.11. The molecule has 0 fully saturated rings. The fourth-order valence-corrected chi connectivity index (χ4v) is 1.60. The van der Waals surface area contributed by atoms with E-state index < -0.39 is 0 Å². The monoisotopic (exact) mass is 163 g/mol. The Bertz CT molecular complexity index is 283. The van der Waals surface area contributed by atoms with Gasteiger partial charge in [0, 0.05) is 20.2 Å². The first-order valence-electron chi connectivity index (χ1n) is 4.20. The van der Waals surface area contributed by atoms with Gasteiger partial charge in [0.25, 0.3) is 0 Å². The van der Waals surface area contributed by atoms with Crippen LogP contribution < -0.4 is 5.32 Å². The maximum atomic E-state index is 5.07. The van der Waals surface area contributed by atoms with Gasteiger partial charge >= 0.3 is 0 Å². The highest BCUT2D eigenvalue weighted by Gasteiger charge is 2.09. The fraction of sp³-hybridized carbons (Fsp3) is 0.400. The Kier molecular flexibility index (Phi) is 2.11. The van der Waals surface area contributed by atoms with Crippen LogP contribution in [-0.4, -0.2) is 7.11 Å². The molecular formula is C10H13NO. The number of hydrogen-bond acceptors (Lipinski definition) is 2. The number of fused-ring (bicyclic) bond motifs is 1. The van der Waals surface area contributed by atoms with Crippen molar-refractivity contribution in [3.8, 4) is 0 Å². The Labute approximate surface area is 72.5 Å². The number of ether oxygens (including phenoxy) is 1. The standard InChI is InChI=1S/C10H13NO/c1-12-7-8-2-3-9-5-11-6-10(9)4-8/h2-4,11H,5-7H2,1H3. The van der Waals surface area contributed by atoms with Crippen molar-refractivity contribution >= 4 is 0 Å². The quantitative estimate of drug-likeness (QED) is 0.712. The Hall–Kier alpha value is -0.860. The van der Waals surface area contributed by atoms with Gasteiger partial charge in [0.1, 0.15) is 0 Å². The number of rotatable bonds is 2. The molecule has 0 unspecified atom stereocenters. The molecule has 0 saturated heterocycles. The molecule has 0 amide bonds. The first-order valence-corrected chi connectivity index (χ1v) is 4.20. The van der Waals surface area contributed by atoms with Gasteiger partial charge in [-0.2, -0.15) is 0 Å². The predicted octanol–water partition coefficient (Wildman–Crippen LogP) is 1.44. The molecule has 0 radical (unpaired) electrons. The first kappa shape index (κ1) is 7.77. The summed E-state index contributed by atoms with van der Waals surface area (Å²) >= 11 is 0. The van der Waals surface area contributed by atoms with E-state index in [2.05, 4.69) is 23.5 Å². The van der Waals surface area contributed by atoms with Crippen LogP contribution in [0.1, 0.15) is 16.7 Å². The van der Waals surface area contributed by atoms with E-state index in [-0.39, 0.29) is 0 Å². The molecule has 2 rings (SSSR count). The minimum atomic E-state index is 0.716. The molecule has 0 saturated carbocycles. The number of methoxy groups -OCH3 is 1. The average Bonchev–Trinajstić information content (AvgIpc) is 2.51. The lowest BCUT2D eigenvalue weighted by Gasteiger charge is -2.02. The van der Waals surface area contributed by atoms with Crippen LogP contribution in [0.15, 0.2) is 18.2 Å². The Morgan fingerprint density at radius 3 is 3.00 bits per heavy atom. The molecule has 0 bridgehead atoms. The molecule has 1 aliphatic rings. The van der Waals surface area contributed by atoms with Gasteiger partial charge in [-0.15, -0.1) is 0 Å². The van der Waals surface area contributed by atoms with E-state index in [1.807, 2.05) is 0 Å². The minimum absolute atomic E-state index is 0.716. The van der Waals surface area contributed by atoms with Crippen LogP contribution in [0.2, 0.25) is 0 Å². The van der Waals surface area contributed by atoms with Crippen LogP contribution in [0.5, 0.6) is 0 Å². The zero-order valence-corrected chi connectivity index (χ0v) is 7.26. The SMILES string of the molecule is COCc1ccc2c(c1)CNC2. The minimum Gasteiger partial charge on any atom is -0.380 e. The molecule has 1 aromatic rings. The Morgan fingerprint density at radius 1 is 1.33 bits per heavy atom. The third-order valence-corrected chi connectivity index (χ3v) is 2.21. The highest BCUT2D eigenvalue weighted by Crippen LogP contribution is 2.17. The van der Waals surface area contributed by atoms with Crippen LogP contribution >= 0.6 is 0 Å². The highest BCUT2D eigenvalue weighted by molar-refractivity contribution is 5.34. The fourth-order valence-electron chi connectivity index (χ4n) is 1.60. The van der Waals surface area contributed by atoms with Gasteiger partial charge in [-0.05, 0) is 16.7 Å². The molecule has 1 aliphatic heterocycles. The van der Waals surface area contributed by atoms with Crippen LogP contribution in [0, 0.1) is 0 Å². The van der Waals surface area contributed by atoms with Gasteiger partial charge in [-0.25, -0.2) is 0 Å². The zero-order chi connectivity index (χ0) is 8.39. The smallest absolute Gasteiger partial charge is 0.0713 e. The van der Waals surface area contributed by atoms with Gasteiger partial charge in [-0.3, -0.25) is 0 Å². The van der Waals surface area contributed by atoms with Crippen LogP contribution in [0.25, 0.3) is 0 Å². The lowest BCUT2D eigenvalue weighted by Crippen LogP contribution is -1.99. The number of nitrogens with one attached hydrogen (secondary N) is 1.